The predicted octanol–water partition coefficient (Wildman–Crippen LogP) is 3.10. The fraction of sp³-hybridized carbons (Fsp3) is 0.588. The van der Waals surface area contributed by atoms with E-state index in [1.165, 1.54) is 5.56 Å². The quantitative estimate of drug-likeness (QED) is 0.773. The Morgan fingerprint density at radius 1 is 1.35 bits per heavy atom. The molecule has 0 amide bonds. The van der Waals surface area contributed by atoms with Crippen molar-refractivity contribution >= 4 is 5.78 Å². The Hall–Kier alpha value is -1.19. The van der Waals surface area contributed by atoms with Crippen LogP contribution in [0.2, 0.25) is 0 Å². The monoisotopic (exact) mass is 275 g/mol. The van der Waals surface area contributed by atoms with E-state index in [1.54, 1.807) is 0 Å². The fourth-order valence-electron chi connectivity index (χ4n) is 2.79. The average Bonchev–Trinajstić information content (AvgIpc) is 2.85. The lowest BCUT2D eigenvalue weighted by Gasteiger charge is -2.25. The van der Waals surface area contributed by atoms with E-state index < -0.39 is 0 Å². The van der Waals surface area contributed by atoms with Crippen LogP contribution < -0.4 is 0 Å². The van der Waals surface area contributed by atoms with Gasteiger partial charge in [-0.3, -0.25) is 9.69 Å². The summed E-state index contributed by atoms with van der Waals surface area (Å²) >= 11 is 0. The SMILES string of the molecule is CC(C)c1ccc(C(=O)CN(C)C2CCOC2C)cc1. The molecule has 0 aliphatic carbocycles. The van der Waals surface area contributed by atoms with Gasteiger partial charge in [0.05, 0.1) is 12.6 Å². The van der Waals surface area contributed by atoms with E-state index >= 15 is 0 Å². The lowest BCUT2D eigenvalue weighted by Crippen LogP contribution is -2.39. The highest BCUT2D eigenvalue weighted by Crippen LogP contribution is 2.19. The van der Waals surface area contributed by atoms with Crippen molar-refractivity contribution in [2.24, 2.45) is 0 Å². The predicted molar refractivity (Wildman–Crippen MR) is 81.3 cm³/mol. The van der Waals surface area contributed by atoms with Gasteiger partial charge in [0.15, 0.2) is 5.78 Å². The number of ketones is 1. The summed E-state index contributed by atoms with van der Waals surface area (Å²) in [6.45, 7) is 7.65. The molecule has 0 spiro atoms. The zero-order valence-electron chi connectivity index (χ0n) is 12.9. The first-order chi connectivity index (χ1) is 9.49. The molecule has 1 heterocycles. The summed E-state index contributed by atoms with van der Waals surface area (Å²) in [7, 11) is 2.01. The third-order valence-electron chi connectivity index (χ3n) is 4.19. The van der Waals surface area contributed by atoms with Crippen LogP contribution in [-0.4, -0.2) is 43.0 Å². The van der Waals surface area contributed by atoms with Crippen molar-refractivity contribution in [1.82, 2.24) is 4.90 Å². The summed E-state index contributed by atoms with van der Waals surface area (Å²) in [6.07, 6.45) is 1.23. The molecule has 0 N–H and O–H groups in total. The minimum atomic E-state index is 0.182. The highest BCUT2D eigenvalue weighted by Gasteiger charge is 2.28. The fourth-order valence-corrected chi connectivity index (χ4v) is 2.79. The molecule has 110 valence electrons. The number of carbonyl (C=O) groups is 1. The largest absolute Gasteiger partial charge is 0.377 e. The first-order valence-electron chi connectivity index (χ1n) is 7.44. The number of Topliss-reactive ketones (excluding diaryl/α,β-unsaturated/α-hetero) is 1. The average molecular weight is 275 g/mol. The third kappa shape index (κ3) is 3.47. The Bertz CT molecular complexity index is 453. The lowest BCUT2D eigenvalue weighted by atomic mass is 10.00. The molecule has 2 rings (SSSR count). The van der Waals surface area contributed by atoms with E-state index in [2.05, 4.69) is 37.8 Å². The molecule has 1 aliphatic rings. The smallest absolute Gasteiger partial charge is 0.176 e. The molecule has 3 heteroatoms. The van der Waals surface area contributed by atoms with Gasteiger partial charge in [-0.15, -0.1) is 0 Å². The summed E-state index contributed by atoms with van der Waals surface area (Å²) in [4.78, 5) is 14.4. The molecule has 3 nitrogen and oxygen atoms in total. The van der Waals surface area contributed by atoms with E-state index in [9.17, 15) is 4.79 Å². The molecule has 2 atom stereocenters. The molecule has 1 aliphatic heterocycles. The molecule has 1 aromatic carbocycles. The molecule has 2 unspecified atom stereocenters. The Labute approximate surface area is 121 Å². The van der Waals surface area contributed by atoms with Crippen LogP contribution in [-0.2, 0) is 4.74 Å². The summed E-state index contributed by atoms with van der Waals surface area (Å²) in [5.74, 6) is 0.681. The Morgan fingerprint density at radius 2 is 2.00 bits per heavy atom. The van der Waals surface area contributed by atoms with E-state index in [0.29, 0.717) is 18.5 Å². The number of carbonyl (C=O) groups excluding carboxylic acids is 1. The maximum Gasteiger partial charge on any atom is 0.176 e. The zero-order chi connectivity index (χ0) is 14.7. The highest BCUT2D eigenvalue weighted by molar-refractivity contribution is 5.97. The topological polar surface area (TPSA) is 29.5 Å². The summed E-state index contributed by atoms with van der Waals surface area (Å²) in [5, 5.41) is 0. The third-order valence-corrected chi connectivity index (χ3v) is 4.19. The standard InChI is InChI=1S/C17H25NO2/c1-12(2)14-5-7-15(8-6-14)17(19)11-18(4)16-9-10-20-13(16)3/h5-8,12-13,16H,9-11H2,1-4H3. The van der Waals surface area contributed by atoms with Gasteiger partial charge in [0.2, 0.25) is 0 Å². The van der Waals surface area contributed by atoms with Crippen LogP contribution >= 0.6 is 0 Å². The van der Waals surface area contributed by atoms with Gasteiger partial charge in [-0.2, -0.15) is 0 Å². The molecule has 0 bridgehead atoms. The van der Waals surface area contributed by atoms with Crippen LogP contribution in [0, 0.1) is 0 Å². The normalized spacial score (nSPS) is 22.7. The van der Waals surface area contributed by atoms with E-state index in [4.69, 9.17) is 4.74 Å². The van der Waals surface area contributed by atoms with Gasteiger partial charge in [0.25, 0.3) is 0 Å². The van der Waals surface area contributed by atoms with Gasteiger partial charge in [0, 0.05) is 18.2 Å². The minimum Gasteiger partial charge on any atom is -0.377 e. The molecule has 0 saturated carbocycles. The second-order valence-corrected chi connectivity index (χ2v) is 6.05. The summed E-state index contributed by atoms with van der Waals surface area (Å²) in [6, 6.07) is 8.35. The second-order valence-electron chi connectivity index (χ2n) is 6.05. The molecular weight excluding hydrogens is 250 g/mol. The summed E-state index contributed by atoms with van der Waals surface area (Å²) in [5.41, 5.74) is 2.07. The van der Waals surface area contributed by atoms with Crippen molar-refractivity contribution < 1.29 is 9.53 Å². The van der Waals surface area contributed by atoms with Gasteiger partial charge in [-0.1, -0.05) is 38.1 Å². The number of likely N-dealkylation sites (N-methyl/N-ethyl adjacent to an activating group) is 1. The van der Waals surface area contributed by atoms with Crippen molar-refractivity contribution in [3.63, 3.8) is 0 Å². The number of ether oxygens (including phenoxy) is 1. The number of nitrogens with zero attached hydrogens (tertiary/aromatic N) is 1. The van der Waals surface area contributed by atoms with Gasteiger partial charge in [-0.05, 0) is 31.9 Å². The number of benzene rings is 1. The zero-order valence-corrected chi connectivity index (χ0v) is 12.9. The molecule has 1 saturated heterocycles. The molecule has 20 heavy (non-hydrogen) atoms. The van der Waals surface area contributed by atoms with Gasteiger partial charge >= 0.3 is 0 Å². The Morgan fingerprint density at radius 3 is 2.50 bits per heavy atom. The second kappa shape index (κ2) is 6.51. The molecule has 1 fully saturated rings. The van der Waals surface area contributed by atoms with E-state index in [0.717, 1.165) is 18.6 Å². The van der Waals surface area contributed by atoms with Crippen LogP contribution in [0.3, 0.4) is 0 Å². The van der Waals surface area contributed by atoms with Gasteiger partial charge in [0.1, 0.15) is 0 Å². The Kier molecular flexibility index (Phi) is 4.95. The van der Waals surface area contributed by atoms with Crippen molar-refractivity contribution in [1.29, 1.82) is 0 Å². The Balaban J connectivity index is 1.97. The first-order valence-corrected chi connectivity index (χ1v) is 7.44. The van der Waals surface area contributed by atoms with Crippen LogP contribution in [0.15, 0.2) is 24.3 Å². The van der Waals surface area contributed by atoms with Crippen molar-refractivity contribution in [3.05, 3.63) is 35.4 Å². The maximum absolute atomic E-state index is 12.3. The van der Waals surface area contributed by atoms with Crippen molar-refractivity contribution in [3.8, 4) is 0 Å². The van der Waals surface area contributed by atoms with Crippen LogP contribution in [0.4, 0.5) is 0 Å². The maximum atomic E-state index is 12.3. The van der Waals surface area contributed by atoms with Crippen molar-refractivity contribution in [2.45, 2.75) is 45.3 Å². The van der Waals surface area contributed by atoms with Crippen LogP contribution in [0.1, 0.15) is 49.0 Å². The highest BCUT2D eigenvalue weighted by atomic mass is 16.5. The molecule has 1 aromatic rings. The molecule has 0 aromatic heterocycles. The lowest BCUT2D eigenvalue weighted by molar-refractivity contribution is 0.0745. The number of hydrogen-bond donors (Lipinski definition) is 0. The van der Waals surface area contributed by atoms with Crippen LogP contribution in [0.5, 0.6) is 0 Å². The molecule has 0 radical (unpaired) electrons. The molecular formula is C17H25NO2. The minimum absolute atomic E-state index is 0.182. The first kappa shape index (κ1) is 15.2. The van der Waals surface area contributed by atoms with Gasteiger partial charge < -0.3 is 4.74 Å². The number of hydrogen-bond acceptors (Lipinski definition) is 3. The van der Waals surface area contributed by atoms with E-state index in [1.807, 2.05) is 19.2 Å². The van der Waals surface area contributed by atoms with Gasteiger partial charge in [-0.25, -0.2) is 0 Å². The van der Waals surface area contributed by atoms with Crippen LogP contribution in [0.25, 0.3) is 0 Å². The van der Waals surface area contributed by atoms with Crippen molar-refractivity contribution in [2.75, 3.05) is 20.2 Å². The van der Waals surface area contributed by atoms with E-state index in [-0.39, 0.29) is 11.9 Å². The summed E-state index contributed by atoms with van der Waals surface area (Å²) < 4.78 is 5.56. The number of rotatable bonds is 5.